The number of hydrogen-bond donors (Lipinski definition) is 0. The monoisotopic (exact) mass is 293 g/mol. The zero-order valence-electron chi connectivity index (χ0n) is 15.5. The summed E-state index contributed by atoms with van der Waals surface area (Å²) in [5, 5.41) is 0. The summed E-state index contributed by atoms with van der Waals surface area (Å²) in [6.45, 7) is 8.88. The predicted octanol–water partition coefficient (Wildman–Crippen LogP) is 7.87. The molecule has 0 aliphatic rings. The fraction of sp³-hybridized carbons (Fsp3) is 0.905. The topological polar surface area (TPSA) is 0 Å². The summed E-state index contributed by atoms with van der Waals surface area (Å²) < 4.78 is 0. The Balaban J connectivity index is 3.12. The van der Waals surface area contributed by atoms with E-state index in [1.165, 1.54) is 95.5 Å². The highest BCUT2D eigenvalue weighted by molar-refractivity contribution is 4.95. The van der Waals surface area contributed by atoms with Crippen molar-refractivity contribution in [3.8, 4) is 0 Å². The average molecular weight is 294 g/mol. The van der Waals surface area contributed by atoms with Gasteiger partial charge in [-0.25, -0.2) is 0 Å². The van der Waals surface area contributed by atoms with E-state index in [9.17, 15) is 0 Å². The standard InChI is InChI=1S/C21H41/c1-5-7-8-9-10-11-12-13-14-15-16-17-18-19-21(4)20(3)6-2/h21H,5,7-19H2,1-4H3. The van der Waals surface area contributed by atoms with Gasteiger partial charge in [0.1, 0.15) is 0 Å². The largest absolute Gasteiger partial charge is 0.0673 e. The molecule has 0 bridgehead atoms. The van der Waals surface area contributed by atoms with Gasteiger partial charge in [-0.05, 0) is 32.3 Å². The van der Waals surface area contributed by atoms with E-state index >= 15 is 0 Å². The predicted molar refractivity (Wildman–Crippen MR) is 97.6 cm³/mol. The average Bonchev–Trinajstić information content (AvgIpc) is 2.50. The Labute approximate surface area is 135 Å². The third-order valence-electron chi connectivity index (χ3n) is 4.87. The molecule has 0 aromatic rings. The molecule has 0 saturated heterocycles. The molecule has 0 heterocycles. The van der Waals surface area contributed by atoms with Crippen LogP contribution in [0.3, 0.4) is 0 Å². The molecule has 0 spiro atoms. The number of hydrogen-bond acceptors (Lipinski definition) is 0. The van der Waals surface area contributed by atoms with Crippen molar-refractivity contribution in [1.29, 1.82) is 0 Å². The van der Waals surface area contributed by atoms with Crippen molar-refractivity contribution in [3.63, 3.8) is 0 Å². The van der Waals surface area contributed by atoms with Crippen LogP contribution in [-0.4, -0.2) is 0 Å². The Morgan fingerprint density at radius 1 is 0.714 bits per heavy atom. The first-order valence-corrected chi connectivity index (χ1v) is 9.73. The van der Waals surface area contributed by atoms with E-state index in [-0.39, 0.29) is 0 Å². The number of allylic oxidation sites excluding steroid dienone is 2. The van der Waals surface area contributed by atoms with Crippen LogP contribution in [0.5, 0.6) is 0 Å². The van der Waals surface area contributed by atoms with Gasteiger partial charge in [-0.3, -0.25) is 0 Å². The van der Waals surface area contributed by atoms with Gasteiger partial charge in [0, 0.05) is 0 Å². The highest BCUT2D eigenvalue weighted by Gasteiger charge is 2.02. The number of unbranched alkanes of at least 4 members (excludes halogenated alkanes) is 12. The zero-order valence-corrected chi connectivity index (χ0v) is 15.5. The molecule has 125 valence electrons. The maximum Gasteiger partial charge on any atom is -0.0229 e. The molecule has 0 aliphatic heterocycles. The highest BCUT2D eigenvalue weighted by atomic mass is 14.1. The van der Waals surface area contributed by atoms with Crippen molar-refractivity contribution in [2.75, 3.05) is 0 Å². The lowest BCUT2D eigenvalue weighted by molar-refractivity contribution is 0.512. The quantitative estimate of drug-likeness (QED) is 0.269. The Bertz CT molecular complexity index is 226. The molecule has 0 aromatic carbocycles. The lowest BCUT2D eigenvalue weighted by Gasteiger charge is -2.11. The normalized spacial score (nSPS) is 13.6. The molecule has 0 rings (SSSR count). The molecular weight excluding hydrogens is 252 g/mol. The van der Waals surface area contributed by atoms with E-state index in [0.29, 0.717) is 0 Å². The summed E-state index contributed by atoms with van der Waals surface area (Å²) in [5.41, 5.74) is 1.44. The van der Waals surface area contributed by atoms with Gasteiger partial charge in [-0.2, -0.15) is 0 Å². The summed E-state index contributed by atoms with van der Waals surface area (Å²) in [5.74, 6) is 0.739. The molecule has 21 heavy (non-hydrogen) atoms. The fourth-order valence-corrected chi connectivity index (χ4v) is 2.93. The van der Waals surface area contributed by atoms with Crippen molar-refractivity contribution in [2.24, 2.45) is 5.92 Å². The van der Waals surface area contributed by atoms with Crippen molar-refractivity contribution < 1.29 is 0 Å². The second-order valence-corrected chi connectivity index (χ2v) is 6.87. The van der Waals surface area contributed by atoms with Crippen molar-refractivity contribution in [3.05, 3.63) is 11.6 Å². The number of rotatable bonds is 15. The summed E-state index contributed by atoms with van der Waals surface area (Å²) >= 11 is 0. The van der Waals surface area contributed by atoms with Gasteiger partial charge in [0.25, 0.3) is 0 Å². The molecule has 0 aliphatic carbocycles. The summed E-state index contributed by atoms with van der Waals surface area (Å²) in [7, 11) is 0. The van der Waals surface area contributed by atoms with Gasteiger partial charge in [0.15, 0.2) is 0 Å². The van der Waals surface area contributed by atoms with Crippen molar-refractivity contribution >= 4 is 0 Å². The fourth-order valence-electron chi connectivity index (χ4n) is 2.93. The summed E-state index contributed by atoms with van der Waals surface area (Å²) in [4.78, 5) is 0. The lowest BCUT2D eigenvalue weighted by atomic mass is 9.95. The smallest absolute Gasteiger partial charge is 0.0229 e. The SMILES string of the molecule is C/[C]=C(\C)C(C)CCCCCCCCCCCCCCC. The first kappa shape index (κ1) is 20.7. The van der Waals surface area contributed by atoms with Crippen molar-refractivity contribution in [2.45, 2.75) is 118 Å². The van der Waals surface area contributed by atoms with Crippen LogP contribution < -0.4 is 0 Å². The molecule has 0 N–H and O–H groups in total. The first-order valence-electron chi connectivity index (χ1n) is 9.73. The van der Waals surface area contributed by atoms with Gasteiger partial charge in [-0.15, -0.1) is 0 Å². The minimum atomic E-state index is 0.739. The van der Waals surface area contributed by atoms with E-state index in [1.807, 2.05) is 6.92 Å². The Morgan fingerprint density at radius 3 is 1.48 bits per heavy atom. The van der Waals surface area contributed by atoms with Gasteiger partial charge >= 0.3 is 0 Å². The molecule has 0 saturated carbocycles. The third-order valence-corrected chi connectivity index (χ3v) is 4.87. The van der Waals surface area contributed by atoms with Crippen LogP contribution in [0.25, 0.3) is 0 Å². The van der Waals surface area contributed by atoms with Gasteiger partial charge in [-0.1, -0.05) is 103 Å². The van der Waals surface area contributed by atoms with Crippen LogP contribution >= 0.6 is 0 Å². The van der Waals surface area contributed by atoms with E-state index < -0.39 is 0 Å². The highest BCUT2D eigenvalue weighted by Crippen LogP contribution is 2.18. The van der Waals surface area contributed by atoms with Crippen LogP contribution in [0.4, 0.5) is 0 Å². The van der Waals surface area contributed by atoms with Gasteiger partial charge in [0.2, 0.25) is 0 Å². The summed E-state index contributed by atoms with van der Waals surface area (Å²) in [6.07, 6.45) is 23.4. The first-order chi connectivity index (χ1) is 10.2. The molecule has 1 unspecified atom stereocenters. The second-order valence-electron chi connectivity index (χ2n) is 6.87. The minimum absolute atomic E-state index is 0.739. The molecule has 0 heteroatoms. The molecule has 0 nitrogen and oxygen atoms in total. The Kier molecular flexibility index (Phi) is 15.9. The molecule has 1 radical (unpaired) electrons. The molecule has 0 fully saturated rings. The minimum Gasteiger partial charge on any atom is -0.0673 e. The van der Waals surface area contributed by atoms with Gasteiger partial charge in [0.05, 0.1) is 0 Å². The van der Waals surface area contributed by atoms with E-state index in [0.717, 1.165) is 5.92 Å². The molecular formula is C21H41. The van der Waals surface area contributed by atoms with Crippen molar-refractivity contribution in [1.82, 2.24) is 0 Å². The van der Waals surface area contributed by atoms with Crippen LogP contribution in [-0.2, 0) is 0 Å². The maximum atomic E-state index is 3.28. The Hall–Kier alpha value is -0.260. The van der Waals surface area contributed by atoms with Crippen LogP contribution in [0.2, 0.25) is 0 Å². The lowest BCUT2D eigenvalue weighted by Crippen LogP contribution is -1.96. The van der Waals surface area contributed by atoms with Gasteiger partial charge < -0.3 is 0 Å². The third kappa shape index (κ3) is 14.4. The second kappa shape index (κ2) is 16.1. The van der Waals surface area contributed by atoms with Crippen LogP contribution in [0.1, 0.15) is 118 Å². The maximum absolute atomic E-state index is 3.28. The molecule has 0 aromatic heterocycles. The van der Waals surface area contributed by atoms with Crippen LogP contribution in [0, 0.1) is 12.0 Å². The van der Waals surface area contributed by atoms with E-state index in [4.69, 9.17) is 0 Å². The van der Waals surface area contributed by atoms with Crippen LogP contribution in [0.15, 0.2) is 5.57 Å². The molecule has 0 amide bonds. The summed E-state index contributed by atoms with van der Waals surface area (Å²) in [6, 6.07) is 0. The Morgan fingerprint density at radius 2 is 1.10 bits per heavy atom. The zero-order chi connectivity index (χ0) is 15.8. The van der Waals surface area contributed by atoms with E-state index in [1.54, 1.807) is 0 Å². The molecule has 1 atom stereocenters. The van der Waals surface area contributed by atoms with E-state index in [2.05, 4.69) is 26.8 Å².